The maximum absolute atomic E-state index is 5.28. The first kappa shape index (κ1) is 15.8. The van der Waals surface area contributed by atoms with Crippen molar-refractivity contribution in [2.75, 3.05) is 13.2 Å². The largest absolute Gasteiger partial charge is 0.396 e. The summed E-state index contributed by atoms with van der Waals surface area (Å²) >= 11 is 0. The Hall–Kier alpha value is -2.62. The molecule has 2 rings (SSSR count). The highest BCUT2D eigenvalue weighted by molar-refractivity contribution is 6.53. The molecule has 0 heterocycles. The first-order chi connectivity index (χ1) is 10.9. The smallest absolute Gasteiger partial charge is 0.139 e. The van der Waals surface area contributed by atoms with E-state index in [-0.39, 0.29) is 0 Å². The van der Waals surface area contributed by atoms with E-state index in [2.05, 4.69) is 10.3 Å². The zero-order valence-electron chi connectivity index (χ0n) is 12.9. The van der Waals surface area contributed by atoms with Crippen LogP contribution in [0, 0.1) is 0 Å². The Balaban J connectivity index is 2.49. The predicted octanol–water partition coefficient (Wildman–Crippen LogP) is 3.87. The Morgan fingerprint density at radius 2 is 1.05 bits per heavy atom. The highest BCUT2D eigenvalue weighted by Gasteiger charge is 2.16. The second-order valence-corrected chi connectivity index (χ2v) is 4.45. The highest BCUT2D eigenvalue weighted by atomic mass is 16.6. The molecule has 0 amide bonds. The third kappa shape index (κ3) is 4.19. The summed E-state index contributed by atoms with van der Waals surface area (Å²) in [5, 5.41) is 8.50. The van der Waals surface area contributed by atoms with E-state index in [1.165, 1.54) is 0 Å². The summed E-state index contributed by atoms with van der Waals surface area (Å²) in [6, 6.07) is 19.7. The molecule has 0 radical (unpaired) electrons. The lowest BCUT2D eigenvalue weighted by atomic mass is 10.00. The summed E-state index contributed by atoms with van der Waals surface area (Å²) in [4.78, 5) is 10.6. The molecule has 0 aliphatic carbocycles. The molecule has 0 aliphatic heterocycles. The fourth-order valence-corrected chi connectivity index (χ4v) is 1.92. The minimum absolute atomic E-state index is 0.493. The van der Waals surface area contributed by atoms with Crippen LogP contribution in [0.3, 0.4) is 0 Å². The summed E-state index contributed by atoms with van der Waals surface area (Å²) in [6.07, 6.45) is 0. The Bertz CT molecular complexity index is 565. The molecule has 114 valence electrons. The van der Waals surface area contributed by atoms with E-state index in [0.29, 0.717) is 24.6 Å². The van der Waals surface area contributed by atoms with Gasteiger partial charge < -0.3 is 9.68 Å². The standard InChI is InChI=1S/C18H20N2O2/c1-3-21-19-17(15-11-7-5-8-12-15)18(20-22-4-2)16-13-9-6-10-14-16/h5-14H,3-4H2,1-2H3/b19-17-,20-18-. The van der Waals surface area contributed by atoms with Crippen LogP contribution in [0.1, 0.15) is 25.0 Å². The third-order valence-corrected chi connectivity index (χ3v) is 2.89. The lowest BCUT2D eigenvalue weighted by Crippen LogP contribution is -2.18. The quantitative estimate of drug-likeness (QED) is 0.575. The fourth-order valence-electron chi connectivity index (χ4n) is 1.92. The van der Waals surface area contributed by atoms with Crippen LogP contribution in [0.5, 0.6) is 0 Å². The van der Waals surface area contributed by atoms with Crippen LogP contribution in [0.2, 0.25) is 0 Å². The summed E-state index contributed by atoms with van der Waals surface area (Å²) < 4.78 is 0. The molecular formula is C18H20N2O2. The van der Waals surface area contributed by atoms with E-state index in [1.54, 1.807) is 0 Å². The first-order valence-corrected chi connectivity index (χ1v) is 7.38. The topological polar surface area (TPSA) is 43.2 Å². The molecule has 0 aliphatic rings. The normalized spacial score (nSPS) is 12.1. The van der Waals surface area contributed by atoms with Gasteiger partial charge in [0.15, 0.2) is 0 Å². The number of nitrogens with zero attached hydrogens (tertiary/aromatic N) is 2. The molecule has 0 saturated heterocycles. The average Bonchev–Trinajstić information content (AvgIpc) is 2.59. The van der Waals surface area contributed by atoms with Gasteiger partial charge in [-0.2, -0.15) is 0 Å². The minimum Gasteiger partial charge on any atom is -0.396 e. The monoisotopic (exact) mass is 296 g/mol. The van der Waals surface area contributed by atoms with Gasteiger partial charge in [0.25, 0.3) is 0 Å². The molecule has 0 saturated carbocycles. The van der Waals surface area contributed by atoms with Gasteiger partial charge >= 0.3 is 0 Å². The highest BCUT2D eigenvalue weighted by Crippen LogP contribution is 2.11. The van der Waals surface area contributed by atoms with Crippen molar-refractivity contribution in [3.8, 4) is 0 Å². The van der Waals surface area contributed by atoms with Crippen molar-refractivity contribution in [2.24, 2.45) is 10.3 Å². The van der Waals surface area contributed by atoms with Gasteiger partial charge in [-0.1, -0.05) is 71.0 Å². The van der Waals surface area contributed by atoms with Gasteiger partial charge in [-0.25, -0.2) is 0 Å². The lowest BCUT2D eigenvalue weighted by Gasteiger charge is -2.10. The van der Waals surface area contributed by atoms with Crippen LogP contribution in [0.15, 0.2) is 71.0 Å². The van der Waals surface area contributed by atoms with Crippen LogP contribution in [-0.2, 0) is 9.68 Å². The molecule has 0 aromatic heterocycles. The van der Waals surface area contributed by atoms with Crippen LogP contribution in [-0.4, -0.2) is 24.6 Å². The number of rotatable bonds is 7. The summed E-state index contributed by atoms with van der Waals surface area (Å²) in [6.45, 7) is 4.78. The Morgan fingerprint density at radius 1 is 0.682 bits per heavy atom. The van der Waals surface area contributed by atoms with Gasteiger partial charge in [-0.3, -0.25) is 0 Å². The van der Waals surface area contributed by atoms with Crippen LogP contribution in [0.25, 0.3) is 0 Å². The van der Waals surface area contributed by atoms with Crippen LogP contribution >= 0.6 is 0 Å². The predicted molar refractivity (Wildman–Crippen MR) is 89.2 cm³/mol. The first-order valence-electron chi connectivity index (χ1n) is 7.38. The van der Waals surface area contributed by atoms with Gasteiger partial charge in [0.05, 0.1) is 0 Å². The maximum atomic E-state index is 5.28. The van der Waals surface area contributed by atoms with E-state index in [4.69, 9.17) is 9.68 Å². The molecule has 2 aromatic rings. The number of hydrogen-bond donors (Lipinski definition) is 0. The molecule has 22 heavy (non-hydrogen) atoms. The van der Waals surface area contributed by atoms with E-state index in [1.807, 2.05) is 74.5 Å². The number of hydrogen-bond acceptors (Lipinski definition) is 4. The Morgan fingerprint density at radius 3 is 1.36 bits per heavy atom. The number of benzene rings is 2. The van der Waals surface area contributed by atoms with Gasteiger partial charge in [0.2, 0.25) is 0 Å². The molecule has 0 fully saturated rings. The third-order valence-electron chi connectivity index (χ3n) is 2.89. The molecule has 4 heteroatoms. The summed E-state index contributed by atoms with van der Waals surface area (Å²) in [5.74, 6) is 0. The van der Waals surface area contributed by atoms with E-state index in [9.17, 15) is 0 Å². The number of oxime groups is 2. The lowest BCUT2D eigenvalue weighted by molar-refractivity contribution is 0.156. The molecule has 0 spiro atoms. The van der Waals surface area contributed by atoms with Gasteiger partial charge in [-0.15, -0.1) is 0 Å². The molecule has 0 N–H and O–H groups in total. The van der Waals surface area contributed by atoms with Crippen molar-refractivity contribution in [3.63, 3.8) is 0 Å². The maximum Gasteiger partial charge on any atom is 0.139 e. The van der Waals surface area contributed by atoms with E-state index in [0.717, 1.165) is 11.1 Å². The second kappa shape index (κ2) is 8.62. The van der Waals surface area contributed by atoms with E-state index >= 15 is 0 Å². The molecule has 0 unspecified atom stereocenters. The van der Waals surface area contributed by atoms with Crippen molar-refractivity contribution in [3.05, 3.63) is 71.8 Å². The average molecular weight is 296 g/mol. The van der Waals surface area contributed by atoms with Crippen LogP contribution in [0.4, 0.5) is 0 Å². The Labute approximate surface area is 131 Å². The minimum atomic E-state index is 0.493. The van der Waals surface area contributed by atoms with Gasteiger partial charge in [0.1, 0.15) is 24.6 Å². The van der Waals surface area contributed by atoms with Crippen molar-refractivity contribution in [1.29, 1.82) is 0 Å². The SMILES string of the molecule is CCO/N=C(\C(=N/OCC)c1ccccc1)c1ccccc1. The molecule has 2 aromatic carbocycles. The van der Waals surface area contributed by atoms with Crippen molar-refractivity contribution in [2.45, 2.75) is 13.8 Å². The second-order valence-electron chi connectivity index (χ2n) is 4.45. The molecule has 0 atom stereocenters. The molecular weight excluding hydrogens is 276 g/mol. The molecule has 4 nitrogen and oxygen atoms in total. The van der Waals surface area contributed by atoms with Crippen LogP contribution < -0.4 is 0 Å². The van der Waals surface area contributed by atoms with Gasteiger partial charge in [0, 0.05) is 11.1 Å². The Kier molecular flexibility index (Phi) is 6.18. The molecule has 0 bridgehead atoms. The summed E-state index contributed by atoms with van der Waals surface area (Å²) in [5.41, 5.74) is 3.17. The fraction of sp³-hybridized carbons (Fsp3) is 0.222. The van der Waals surface area contributed by atoms with Crippen molar-refractivity contribution in [1.82, 2.24) is 0 Å². The van der Waals surface area contributed by atoms with E-state index < -0.39 is 0 Å². The summed E-state index contributed by atoms with van der Waals surface area (Å²) in [7, 11) is 0. The van der Waals surface area contributed by atoms with Gasteiger partial charge in [-0.05, 0) is 13.8 Å². The zero-order valence-corrected chi connectivity index (χ0v) is 12.9. The van der Waals surface area contributed by atoms with Crippen molar-refractivity contribution < 1.29 is 9.68 Å². The zero-order chi connectivity index (χ0) is 15.6. The van der Waals surface area contributed by atoms with Crippen molar-refractivity contribution >= 4 is 11.4 Å².